The molecule has 0 fully saturated rings. The van der Waals surface area contributed by atoms with Crippen LogP contribution < -0.4 is 34.5 Å². The molecule has 0 saturated heterocycles. The molecule has 4 heterocycles. The second kappa shape index (κ2) is 43.9. The highest BCUT2D eigenvalue weighted by Gasteiger charge is 2.45. The first-order valence-corrected chi connectivity index (χ1v) is 44.7. The lowest BCUT2D eigenvalue weighted by atomic mass is 9.80. The van der Waals surface area contributed by atoms with Crippen LogP contribution in [0.1, 0.15) is 195 Å². The van der Waals surface area contributed by atoms with Crippen LogP contribution in [-0.4, -0.2) is 171 Å². The summed E-state index contributed by atoms with van der Waals surface area (Å²) in [6.07, 6.45) is 1.43. The van der Waals surface area contributed by atoms with Gasteiger partial charge in [-0.15, -0.1) is 22.7 Å². The fraction of sp³-hybridized carbons (Fsp3) is 0.450. The lowest BCUT2D eigenvalue weighted by Crippen LogP contribution is -2.42. The summed E-state index contributed by atoms with van der Waals surface area (Å²) in [6.45, 7) is 25.0. The lowest BCUT2D eigenvalue weighted by Gasteiger charge is -2.38. The maximum atomic E-state index is 13.7. The van der Waals surface area contributed by atoms with Gasteiger partial charge in [0.2, 0.25) is 26.0 Å². The van der Waals surface area contributed by atoms with Gasteiger partial charge in [0.25, 0.3) is 0 Å². The summed E-state index contributed by atoms with van der Waals surface area (Å²) in [7, 11) is -15.3. The Morgan fingerprint density at radius 1 is 0.483 bits per heavy atom. The fourth-order valence-corrected chi connectivity index (χ4v) is 21.1. The largest absolute Gasteiger partial charge is 0.481 e. The van der Waals surface area contributed by atoms with Gasteiger partial charge in [-0.3, -0.25) is 33.6 Å². The van der Waals surface area contributed by atoms with Crippen molar-refractivity contribution in [3.63, 3.8) is 0 Å². The number of amides is 1. The average Bonchev–Trinajstić information content (AvgIpc) is 1.58. The standard InChI is InChI=1S/C25H32N2O9S3.2C15H18O6.C15H18O5.C10H16N2O4S3/c1-6-27(19-11-15(2)38(31,32)24-17(19)12-23(37-24)39(26,33)34)21(29)13-25(4,5)18-9-7-8-10-20(18)36-22(30)14-35-16(3)28;2*1-10(16)20-9-14(19)21-12-7-5-4-6-11(12)15(2,3)8-13(17)18;1-11(17)19-10-14(18)20-13-7-5-4-6-12(13)15(2,3)8-9-16;1-3-12-8-4-6(2)18(13,14)10-7(8)5-9(17-10)19(11,15)16/h7-10,12,15,19H,6,11,13-14H2,1-5H3,(H2,26,33,34);2*4-7H,8-9H2,1-3H3,(H,17,18);4-7,9H,8,10H2,1-3H3;5-6,8,12H,3-4H2,1-2H3,(H2,11,15,16)/t15-,19-;;;;6-,8-/m0...0/s1. The summed E-state index contributed by atoms with van der Waals surface area (Å²) in [6, 6.07) is 28.9. The summed E-state index contributed by atoms with van der Waals surface area (Å²) in [5, 5.41) is 30.1. The molecule has 0 radical (unpaired) electrons. The van der Waals surface area contributed by atoms with Crippen LogP contribution in [0.2, 0.25) is 0 Å². The summed E-state index contributed by atoms with van der Waals surface area (Å²) in [5.74, 6) is -6.26. The van der Waals surface area contributed by atoms with Crippen molar-refractivity contribution in [3.05, 3.63) is 143 Å². The van der Waals surface area contributed by atoms with Gasteiger partial charge in [0.05, 0.1) is 29.4 Å². The molecular formula is C80H102N4O30S6. The molecule has 0 aliphatic carbocycles. The van der Waals surface area contributed by atoms with Crippen LogP contribution in [0, 0.1) is 0 Å². The Hall–Kier alpha value is -10.2. The number of nitrogens with zero attached hydrogens (tertiary/aromatic N) is 1. The second-order valence-corrected chi connectivity index (χ2v) is 40.7. The summed E-state index contributed by atoms with van der Waals surface area (Å²) >= 11 is 1.34. The number of hydrogen-bond acceptors (Lipinski definition) is 31. The van der Waals surface area contributed by atoms with Crippen molar-refractivity contribution in [3.8, 4) is 23.0 Å². The van der Waals surface area contributed by atoms with Gasteiger partial charge >= 0.3 is 59.7 Å². The molecule has 6 aromatic rings. The van der Waals surface area contributed by atoms with Crippen molar-refractivity contribution in [2.75, 3.05) is 39.5 Å². The van der Waals surface area contributed by atoms with Crippen molar-refractivity contribution in [1.29, 1.82) is 0 Å². The van der Waals surface area contributed by atoms with Gasteiger partial charge in [-0.2, -0.15) is 0 Å². The van der Waals surface area contributed by atoms with Crippen molar-refractivity contribution in [2.45, 2.75) is 210 Å². The van der Waals surface area contributed by atoms with Gasteiger partial charge in [-0.1, -0.05) is 135 Å². The highest BCUT2D eigenvalue weighted by Crippen LogP contribution is 2.47. The normalized spacial score (nSPS) is 15.8. The topological polar surface area (TPSA) is 523 Å². The quantitative estimate of drug-likeness (QED) is 0.0121. The zero-order valence-electron chi connectivity index (χ0n) is 69.1. The van der Waals surface area contributed by atoms with Crippen LogP contribution in [0.25, 0.3) is 0 Å². The Bertz CT molecular complexity index is 5120. The molecule has 0 spiro atoms. The number of carbonyl (C=O) groups excluding carboxylic acids is 10. The van der Waals surface area contributed by atoms with E-state index in [4.69, 9.17) is 44.2 Å². The molecule has 0 unspecified atom stereocenters. The number of primary sulfonamides is 2. The fourth-order valence-electron chi connectivity index (χ4n) is 12.3. The Kier molecular flexibility index (Phi) is 37.3. The molecular weight excluding hydrogens is 1690 g/mol. The van der Waals surface area contributed by atoms with E-state index < -0.39 is 164 Å². The predicted molar refractivity (Wildman–Crippen MR) is 437 cm³/mol. The summed E-state index contributed by atoms with van der Waals surface area (Å²) in [4.78, 5) is 138. The number of carbonyl (C=O) groups is 12. The molecule has 0 saturated carbocycles. The molecule has 40 heteroatoms. The highest BCUT2D eigenvalue weighted by atomic mass is 32.3. The number of esters is 8. The molecule has 2 aliphatic heterocycles. The maximum absolute atomic E-state index is 13.7. The van der Waals surface area contributed by atoms with Gasteiger partial charge in [0, 0.05) is 103 Å². The molecule has 8 rings (SSSR count). The van der Waals surface area contributed by atoms with Gasteiger partial charge in [-0.05, 0) is 82.0 Å². The third-order valence-electron chi connectivity index (χ3n) is 18.2. The number of carboxylic acids is 2. The van der Waals surface area contributed by atoms with E-state index in [1.807, 2.05) is 26.8 Å². The third kappa shape index (κ3) is 30.2. The van der Waals surface area contributed by atoms with E-state index in [2.05, 4.69) is 19.5 Å². The van der Waals surface area contributed by atoms with Crippen LogP contribution in [0.3, 0.4) is 0 Å². The molecule has 4 atom stereocenters. The predicted octanol–water partition coefficient (Wildman–Crippen LogP) is 9.14. The van der Waals surface area contributed by atoms with Crippen molar-refractivity contribution >= 4 is 134 Å². The van der Waals surface area contributed by atoms with Crippen molar-refractivity contribution in [1.82, 2.24) is 10.2 Å². The molecule has 1 amide bonds. The van der Waals surface area contributed by atoms with Gasteiger partial charge in [0.15, 0.2) is 46.1 Å². The molecule has 0 bridgehead atoms. The van der Waals surface area contributed by atoms with Gasteiger partial charge in [-0.25, -0.2) is 63.1 Å². The smallest absolute Gasteiger partial charge is 0.349 e. The number of aliphatic carboxylic acids is 2. The number of carboxylic acid groups (broad SMARTS) is 2. The average molecular weight is 1790 g/mol. The number of benzene rings is 4. The number of hydrogen-bond donors (Lipinski definition) is 5. The molecule has 7 N–H and O–H groups in total. The third-order valence-corrected chi connectivity index (χ3v) is 28.8. The van der Waals surface area contributed by atoms with Gasteiger partial charge < -0.3 is 63.1 Å². The lowest BCUT2D eigenvalue weighted by molar-refractivity contribution is -0.152. The van der Waals surface area contributed by atoms with E-state index >= 15 is 0 Å². The maximum Gasteiger partial charge on any atom is 0.349 e. The summed E-state index contributed by atoms with van der Waals surface area (Å²) in [5.41, 5.74) is 0.601. The second-order valence-electron chi connectivity index (χ2n) is 29.9. The van der Waals surface area contributed by atoms with Crippen LogP contribution in [0.5, 0.6) is 23.0 Å². The van der Waals surface area contributed by atoms with Crippen LogP contribution in [0.4, 0.5) is 0 Å². The van der Waals surface area contributed by atoms with E-state index in [-0.39, 0.29) is 83.8 Å². The minimum absolute atomic E-state index is 0.0293. The van der Waals surface area contributed by atoms with Gasteiger partial charge in [0.1, 0.15) is 46.1 Å². The molecule has 2 aliphatic rings. The number of nitrogens with one attached hydrogen (secondary N) is 1. The number of fused-ring (bicyclic) bond motifs is 2. The minimum atomic E-state index is -4.15. The Balaban J connectivity index is 0.000000327. The number of nitrogens with two attached hydrogens (primary N) is 2. The first kappa shape index (κ1) is 102. The number of ether oxygens (including phenoxy) is 8. The Morgan fingerprint density at radius 2 is 0.775 bits per heavy atom. The SMILES string of the molecule is CC(=O)OCC(=O)Oc1ccccc1C(C)(C)CC(=O)O.CC(=O)OCC(=O)Oc1ccccc1C(C)(C)CC(=O)O.CC(=O)OCC(=O)Oc1ccccc1C(C)(C)CC=O.CCN(C(=O)CC(C)(C)c1ccccc1OC(=O)COC(C)=O)[C@H]1C[C@H](C)S(=O)(=O)c2sc(S(N)(=O)=O)cc21.CCN[C@H]1C[C@H](C)S(=O)(=O)c2sc(S(N)(=O)=O)cc21. The molecule has 120 heavy (non-hydrogen) atoms. The van der Waals surface area contributed by atoms with E-state index in [1.165, 1.54) is 46.8 Å². The highest BCUT2D eigenvalue weighted by molar-refractivity contribution is 7.96. The first-order valence-electron chi connectivity index (χ1n) is 36.9. The van der Waals surface area contributed by atoms with Crippen molar-refractivity contribution < 1.29 is 139 Å². The van der Waals surface area contributed by atoms with Crippen LogP contribution in [0.15, 0.2) is 126 Å². The number of sulfonamides is 2. The number of para-hydroxylation sites is 4. The van der Waals surface area contributed by atoms with Crippen LogP contribution in [-0.2, 0) is 138 Å². The Labute approximate surface area is 705 Å². The van der Waals surface area contributed by atoms with E-state index in [9.17, 15) is 91.2 Å². The molecule has 658 valence electrons. The Morgan fingerprint density at radius 3 is 1.07 bits per heavy atom. The minimum Gasteiger partial charge on any atom is -0.481 e. The van der Waals surface area contributed by atoms with E-state index in [0.717, 1.165) is 23.2 Å². The van der Waals surface area contributed by atoms with E-state index in [0.29, 0.717) is 58.7 Å². The molecule has 4 aromatic carbocycles. The number of thiophene rings is 2. The number of sulfone groups is 2. The zero-order valence-corrected chi connectivity index (χ0v) is 74.0. The number of rotatable bonds is 30. The first-order chi connectivity index (χ1) is 55.5. The zero-order chi connectivity index (χ0) is 91.0. The molecule has 2 aromatic heterocycles. The molecule has 34 nitrogen and oxygen atoms in total. The van der Waals surface area contributed by atoms with Crippen LogP contribution >= 0.6 is 22.7 Å². The summed E-state index contributed by atoms with van der Waals surface area (Å²) < 4.78 is 136. The van der Waals surface area contributed by atoms with E-state index in [1.54, 1.807) is 151 Å². The number of aldehydes is 1. The van der Waals surface area contributed by atoms with Crippen molar-refractivity contribution in [2.24, 2.45) is 10.3 Å². The monoisotopic (exact) mass is 1790 g/mol.